The number of rotatable bonds is 4. The van der Waals surface area contributed by atoms with Gasteiger partial charge in [-0.2, -0.15) is 5.26 Å². The van der Waals surface area contributed by atoms with Crippen LogP contribution in [0.5, 0.6) is 0 Å². The Morgan fingerprint density at radius 2 is 2.50 bits per heavy atom. The van der Waals surface area contributed by atoms with Gasteiger partial charge in [0.1, 0.15) is 6.54 Å². The minimum absolute atomic E-state index is 0.0140. The van der Waals surface area contributed by atoms with Crippen molar-refractivity contribution < 1.29 is 4.79 Å². The average molecular weight is 262 g/mol. The minimum atomic E-state index is -0.0140. The van der Waals surface area contributed by atoms with E-state index < -0.39 is 0 Å². The summed E-state index contributed by atoms with van der Waals surface area (Å²) in [6.45, 7) is 2.93. The van der Waals surface area contributed by atoms with Crippen LogP contribution in [0.25, 0.3) is 0 Å². The molecular weight excluding hydrogens is 244 g/mol. The number of thiophene rings is 1. The highest BCUT2D eigenvalue weighted by atomic mass is 32.1. The summed E-state index contributed by atoms with van der Waals surface area (Å²) in [5.74, 6) is 0.123. The number of nitrogens with zero attached hydrogens (tertiary/aromatic N) is 2. The molecule has 0 fully saturated rings. The van der Waals surface area contributed by atoms with E-state index in [2.05, 4.69) is 17.5 Å². The molecule has 0 saturated carbocycles. The monoisotopic (exact) mass is 262 g/mol. The van der Waals surface area contributed by atoms with Crippen LogP contribution in [-0.2, 0) is 11.2 Å². The molecule has 1 aromatic heterocycles. The third kappa shape index (κ3) is 2.56. The van der Waals surface area contributed by atoms with Gasteiger partial charge in [-0.15, -0.1) is 11.3 Å². The van der Waals surface area contributed by atoms with E-state index in [-0.39, 0.29) is 18.4 Å². The second kappa shape index (κ2) is 6.01. The van der Waals surface area contributed by atoms with Crippen LogP contribution in [0.4, 0.5) is 0 Å². The number of carbonyl (C=O) groups is 1. The predicted octanol–water partition coefficient (Wildman–Crippen LogP) is 2.93. The molecule has 18 heavy (non-hydrogen) atoms. The van der Waals surface area contributed by atoms with Gasteiger partial charge in [0, 0.05) is 11.4 Å². The first-order valence-electron chi connectivity index (χ1n) is 6.50. The quantitative estimate of drug-likeness (QED) is 0.783. The number of hydrogen-bond donors (Lipinski definition) is 0. The number of hydrogen-bond acceptors (Lipinski definition) is 3. The van der Waals surface area contributed by atoms with Gasteiger partial charge in [0.2, 0.25) is 5.91 Å². The zero-order chi connectivity index (χ0) is 13.0. The van der Waals surface area contributed by atoms with Crippen molar-refractivity contribution in [3.63, 3.8) is 0 Å². The smallest absolute Gasteiger partial charge is 0.231 e. The molecule has 0 bridgehead atoms. The molecule has 0 radical (unpaired) electrons. The van der Waals surface area contributed by atoms with Crippen molar-refractivity contribution in [3.8, 4) is 6.07 Å². The first-order chi connectivity index (χ1) is 8.77. The van der Waals surface area contributed by atoms with Crippen molar-refractivity contribution in [2.45, 2.75) is 38.5 Å². The third-order valence-corrected chi connectivity index (χ3v) is 4.41. The fourth-order valence-corrected chi connectivity index (χ4v) is 3.57. The Hall–Kier alpha value is -1.34. The van der Waals surface area contributed by atoms with Crippen LogP contribution >= 0.6 is 11.3 Å². The van der Waals surface area contributed by atoms with Gasteiger partial charge in [0.05, 0.1) is 12.0 Å². The molecule has 1 atom stereocenters. The molecule has 1 amide bonds. The van der Waals surface area contributed by atoms with Gasteiger partial charge >= 0.3 is 0 Å². The lowest BCUT2D eigenvalue weighted by Crippen LogP contribution is -2.37. The van der Waals surface area contributed by atoms with E-state index in [4.69, 9.17) is 5.26 Å². The predicted molar refractivity (Wildman–Crippen MR) is 72.5 cm³/mol. The van der Waals surface area contributed by atoms with E-state index in [1.54, 1.807) is 16.2 Å². The lowest BCUT2D eigenvalue weighted by molar-refractivity contribution is -0.132. The molecule has 1 unspecified atom stereocenters. The summed E-state index contributed by atoms with van der Waals surface area (Å²) in [7, 11) is 0. The number of carbonyl (C=O) groups excluding carboxylic acids is 1. The van der Waals surface area contributed by atoms with Gasteiger partial charge in [-0.3, -0.25) is 4.79 Å². The Morgan fingerprint density at radius 3 is 3.22 bits per heavy atom. The largest absolute Gasteiger partial charge is 0.329 e. The standard InChI is InChI=1S/C14H18N2OS/c1-2-8-16(9-7-15)14(17)12-4-3-5-13-11(12)6-10-18-13/h6,10,12H,2-5,8-9H2,1H3. The molecule has 96 valence electrons. The summed E-state index contributed by atoms with van der Waals surface area (Å²) in [5.41, 5.74) is 1.20. The molecule has 2 rings (SSSR count). The minimum Gasteiger partial charge on any atom is -0.329 e. The second-order valence-corrected chi connectivity index (χ2v) is 5.66. The SMILES string of the molecule is CCCN(CC#N)C(=O)C1CCCc2sccc21. The van der Waals surface area contributed by atoms with Crippen LogP contribution in [0.15, 0.2) is 11.4 Å². The molecule has 0 saturated heterocycles. The molecular formula is C14H18N2OS. The Morgan fingerprint density at radius 1 is 1.67 bits per heavy atom. The van der Waals surface area contributed by atoms with E-state index in [9.17, 15) is 4.79 Å². The zero-order valence-electron chi connectivity index (χ0n) is 10.7. The summed E-state index contributed by atoms with van der Waals surface area (Å²) in [5, 5.41) is 10.9. The molecule has 4 heteroatoms. The molecule has 0 aliphatic heterocycles. The fraction of sp³-hybridized carbons (Fsp3) is 0.571. The van der Waals surface area contributed by atoms with E-state index >= 15 is 0 Å². The molecule has 0 aromatic carbocycles. The highest BCUT2D eigenvalue weighted by Crippen LogP contribution is 2.36. The van der Waals surface area contributed by atoms with Gasteiger partial charge in [-0.05, 0) is 42.7 Å². The van der Waals surface area contributed by atoms with Gasteiger partial charge in [0.15, 0.2) is 0 Å². The molecule has 1 heterocycles. The Kier molecular flexibility index (Phi) is 4.38. The van der Waals surface area contributed by atoms with Crippen LogP contribution in [-0.4, -0.2) is 23.9 Å². The Balaban J connectivity index is 2.17. The summed E-state index contributed by atoms with van der Waals surface area (Å²) >= 11 is 1.75. The maximum atomic E-state index is 12.5. The van der Waals surface area contributed by atoms with E-state index in [1.807, 2.05) is 6.92 Å². The maximum absolute atomic E-state index is 12.5. The van der Waals surface area contributed by atoms with Crippen molar-refractivity contribution in [2.24, 2.45) is 0 Å². The van der Waals surface area contributed by atoms with Crippen molar-refractivity contribution in [2.75, 3.05) is 13.1 Å². The fourth-order valence-electron chi connectivity index (χ4n) is 2.59. The van der Waals surface area contributed by atoms with Crippen molar-refractivity contribution >= 4 is 17.2 Å². The summed E-state index contributed by atoms with van der Waals surface area (Å²) < 4.78 is 0. The van der Waals surface area contributed by atoms with Crippen LogP contribution in [0.1, 0.15) is 42.5 Å². The molecule has 1 aliphatic carbocycles. The van der Waals surface area contributed by atoms with Crippen molar-refractivity contribution in [1.29, 1.82) is 5.26 Å². The highest BCUT2D eigenvalue weighted by molar-refractivity contribution is 7.10. The molecule has 0 N–H and O–H groups in total. The molecule has 1 aromatic rings. The Bertz CT molecular complexity index is 461. The second-order valence-electron chi connectivity index (χ2n) is 4.66. The van der Waals surface area contributed by atoms with Gasteiger partial charge < -0.3 is 4.90 Å². The van der Waals surface area contributed by atoms with Crippen LogP contribution in [0.3, 0.4) is 0 Å². The number of amides is 1. The third-order valence-electron chi connectivity index (χ3n) is 3.42. The van der Waals surface area contributed by atoms with E-state index in [0.29, 0.717) is 6.54 Å². The van der Waals surface area contributed by atoms with Gasteiger partial charge in [-0.1, -0.05) is 6.92 Å². The summed E-state index contributed by atoms with van der Waals surface area (Å²) in [6.07, 6.45) is 4.00. The first kappa shape index (κ1) is 13.1. The highest BCUT2D eigenvalue weighted by Gasteiger charge is 2.30. The van der Waals surface area contributed by atoms with Crippen molar-refractivity contribution in [3.05, 3.63) is 21.9 Å². The van der Waals surface area contributed by atoms with Gasteiger partial charge in [-0.25, -0.2) is 0 Å². The topological polar surface area (TPSA) is 44.1 Å². The normalized spacial score (nSPS) is 17.9. The first-order valence-corrected chi connectivity index (χ1v) is 7.38. The lowest BCUT2D eigenvalue weighted by atomic mass is 9.86. The van der Waals surface area contributed by atoms with E-state index in [1.165, 1.54) is 10.4 Å². The lowest BCUT2D eigenvalue weighted by Gasteiger charge is -2.27. The number of nitriles is 1. The Labute approximate surface area is 112 Å². The van der Waals surface area contributed by atoms with E-state index in [0.717, 1.165) is 25.7 Å². The molecule has 3 nitrogen and oxygen atoms in total. The average Bonchev–Trinajstić information content (AvgIpc) is 2.85. The van der Waals surface area contributed by atoms with Crippen LogP contribution in [0, 0.1) is 11.3 Å². The van der Waals surface area contributed by atoms with Crippen LogP contribution < -0.4 is 0 Å². The molecule has 0 spiro atoms. The zero-order valence-corrected chi connectivity index (χ0v) is 11.5. The summed E-state index contributed by atoms with van der Waals surface area (Å²) in [6, 6.07) is 4.18. The van der Waals surface area contributed by atoms with Crippen LogP contribution in [0.2, 0.25) is 0 Å². The van der Waals surface area contributed by atoms with Crippen molar-refractivity contribution in [1.82, 2.24) is 4.90 Å². The van der Waals surface area contributed by atoms with Gasteiger partial charge in [0.25, 0.3) is 0 Å². The molecule has 1 aliphatic rings. The maximum Gasteiger partial charge on any atom is 0.231 e. The number of fused-ring (bicyclic) bond motifs is 1. The summed E-state index contributed by atoms with van der Waals surface area (Å²) in [4.78, 5) is 15.6. The number of aryl methyl sites for hydroxylation is 1.